The van der Waals surface area contributed by atoms with Gasteiger partial charge in [0.15, 0.2) is 6.29 Å². The van der Waals surface area contributed by atoms with Crippen LogP contribution in [0.5, 0.6) is 11.5 Å². The minimum atomic E-state index is -0.529. The highest BCUT2D eigenvalue weighted by molar-refractivity contribution is 5.91. The number of alkyl carbamates (subject to hydrolysis) is 1. The largest absolute Gasteiger partial charge is 0.496 e. The molecule has 1 amide bonds. The Hall–Kier alpha value is -3.59. The lowest BCUT2D eigenvalue weighted by Crippen LogP contribution is -2.59. The monoisotopic (exact) mass is 496 g/mol. The second-order valence-corrected chi connectivity index (χ2v) is 9.98. The summed E-state index contributed by atoms with van der Waals surface area (Å²) < 4.78 is 16.9. The number of nitrogens with zero attached hydrogens (tertiary/aromatic N) is 3. The van der Waals surface area contributed by atoms with Crippen LogP contribution in [-0.2, 0) is 11.3 Å². The van der Waals surface area contributed by atoms with Gasteiger partial charge in [-0.15, -0.1) is 0 Å². The maximum atomic E-state index is 12.0. The lowest BCUT2D eigenvalue weighted by atomic mass is 9.94. The molecule has 9 nitrogen and oxygen atoms in total. The van der Waals surface area contributed by atoms with Crippen molar-refractivity contribution >= 4 is 18.0 Å². The molecule has 1 aromatic carbocycles. The first-order valence-electron chi connectivity index (χ1n) is 11.8. The number of ether oxygens (including phenoxy) is 3. The Kier molecular flexibility index (Phi) is 8.57. The van der Waals surface area contributed by atoms with Crippen LogP contribution in [0.2, 0.25) is 0 Å². The van der Waals surface area contributed by atoms with Crippen LogP contribution < -0.4 is 14.8 Å². The van der Waals surface area contributed by atoms with Gasteiger partial charge in [-0.2, -0.15) is 0 Å². The van der Waals surface area contributed by atoms with Gasteiger partial charge in [-0.3, -0.25) is 14.7 Å². The van der Waals surface area contributed by atoms with Crippen molar-refractivity contribution in [3.05, 3.63) is 59.0 Å². The summed E-state index contributed by atoms with van der Waals surface area (Å²) in [6.45, 7) is 7.51. The molecule has 36 heavy (non-hydrogen) atoms. The summed E-state index contributed by atoms with van der Waals surface area (Å²) in [7, 11) is 7.11. The molecule has 1 aliphatic rings. The molecule has 9 heteroatoms. The number of amides is 1. The highest BCUT2D eigenvalue weighted by Crippen LogP contribution is 2.37. The van der Waals surface area contributed by atoms with E-state index in [9.17, 15) is 9.59 Å². The second kappa shape index (κ2) is 11.4. The number of carbonyl (C=O) groups is 2. The van der Waals surface area contributed by atoms with Crippen LogP contribution in [0, 0.1) is 0 Å². The number of aldehydes is 1. The molecule has 1 aliphatic heterocycles. The third kappa shape index (κ3) is 6.75. The zero-order valence-electron chi connectivity index (χ0n) is 22.1. The van der Waals surface area contributed by atoms with E-state index in [0.29, 0.717) is 36.7 Å². The molecule has 0 radical (unpaired) electrons. The van der Waals surface area contributed by atoms with E-state index >= 15 is 0 Å². The molecular weight excluding hydrogens is 460 g/mol. The Balaban J connectivity index is 1.84. The Morgan fingerprint density at radius 3 is 2.36 bits per heavy atom. The average molecular weight is 497 g/mol. The van der Waals surface area contributed by atoms with Crippen molar-refractivity contribution in [3.63, 3.8) is 0 Å². The van der Waals surface area contributed by atoms with Gasteiger partial charge in [-0.05, 0) is 50.1 Å². The zero-order chi connectivity index (χ0) is 26.5. The molecular formula is C27H36N4O5. The zero-order valence-corrected chi connectivity index (χ0v) is 22.1. The van der Waals surface area contributed by atoms with Crippen molar-refractivity contribution in [2.45, 2.75) is 39.0 Å². The topological polar surface area (TPSA) is 93.2 Å². The fourth-order valence-electron chi connectivity index (χ4n) is 4.09. The van der Waals surface area contributed by atoms with E-state index in [1.54, 1.807) is 26.6 Å². The van der Waals surface area contributed by atoms with Crippen LogP contribution in [0.4, 0.5) is 4.79 Å². The molecule has 0 unspecified atom stereocenters. The molecule has 1 aromatic heterocycles. The first-order chi connectivity index (χ1) is 17.0. The highest BCUT2D eigenvalue weighted by atomic mass is 16.6. The van der Waals surface area contributed by atoms with Gasteiger partial charge in [0.25, 0.3) is 0 Å². The van der Waals surface area contributed by atoms with Crippen LogP contribution >= 0.6 is 0 Å². The first-order valence-corrected chi connectivity index (χ1v) is 11.8. The van der Waals surface area contributed by atoms with Gasteiger partial charge in [-0.1, -0.05) is 0 Å². The van der Waals surface area contributed by atoms with E-state index in [2.05, 4.69) is 15.2 Å². The molecule has 1 fully saturated rings. The summed E-state index contributed by atoms with van der Waals surface area (Å²) in [5, 5.41) is 2.91. The van der Waals surface area contributed by atoms with E-state index in [1.165, 1.54) is 0 Å². The number of methoxy groups -OCH3 is 2. The number of nitrogens with one attached hydrogen (secondary N) is 1. The SMILES string of the molecule is COc1cc(/C(=C/N(C)C)c2ccncc2C=O)cc(OC)c1CN1CC(NC(=O)OC(C)(C)C)C1. The van der Waals surface area contributed by atoms with Crippen molar-refractivity contribution in [2.75, 3.05) is 41.4 Å². The predicted octanol–water partition coefficient (Wildman–Crippen LogP) is 3.57. The van der Waals surface area contributed by atoms with Gasteiger partial charge >= 0.3 is 6.09 Å². The fraction of sp³-hybridized carbons (Fsp3) is 0.444. The summed E-state index contributed by atoms with van der Waals surface area (Å²) in [5.74, 6) is 1.36. The number of aromatic nitrogens is 1. The van der Waals surface area contributed by atoms with Crippen molar-refractivity contribution < 1.29 is 23.8 Å². The maximum absolute atomic E-state index is 12.0. The number of pyridine rings is 1. The minimum absolute atomic E-state index is 0.0270. The summed E-state index contributed by atoms with van der Waals surface area (Å²) in [5.41, 5.74) is 3.34. The number of carbonyl (C=O) groups excluding carboxylic acids is 2. The maximum Gasteiger partial charge on any atom is 0.407 e. The first kappa shape index (κ1) is 27.0. The fourth-order valence-corrected chi connectivity index (χ4v) is 4.09. The summed E-state index contributed by atoms with van der Waals surface area (Å²) in [6, 6.07) is 5.76. The van der Waals surface area contributed by atoms with E-state index in [-0.39, 0.29) is 6.04 Å². The van der Waals surface area contributed by atoms with E-state index in [4.69, 9.17) is 14.2 Å². The smallest absolute Gasteiger partial charge is 0.407 e. The van der Waals surface area contributed by atoms with E-state index in [0.717, 1.165) is 28.5 Å². The molecule has 2 heterocycles. The normalized spacial score (nSPS) is 14.6. The molecule has 0 saturated carbocycles. The molecule has 0 aliphatic carbocycles. The number of rotatable bonds is 9. The van der Waals surface area contributed by atoms with E-state index < -0.39 is 11.7 Å². The standard InChI is InChI=1S/C27H36N4O5/c1-27(2,3)36-26(33)29-20-13-31(14-20)16-23-24(34-6)10-18(11-25(23)35-7)22(15-30(4)5)21-8-9-28-12-19(21)17-32/h8-12,15,17,20H,13-14,16H2,1-7H3,(H,29,33)/b22-15-. The van der Waals surface area contributed by atoms with Crippen LogP contribution in [0.25, 0.3) is 5.57 Å². The van der Waals surface area contributed by atoms with Crippen LogP contribution in [0.15, 0.2) is 36.8 Å². The Labute approximate surface area is 213 Å². The summed E-state index contributed by atoms with van der Waals surface area (Å²) in [6.07, 6.45) is 5.58. The number of hydrogen-bond acceptors (Lipinski definition) is 8. The van der Waals surface area contributed by atoms with Crippen molar-refractivity contribution in [2.24, 2.45) is 0 Å². The number of likely N-dealkylation sites (tertiary alicyclic amines) is 1. The Morgan fingerprint density at radius 2 is 1.83 bits per heavy atom. The minimum Gasteiger partial charge on any atom is -0.496 e. The average Bonchev–Trinajstić information content (AvgIpc) is 2.79. The molecule has 0 bridgehead atoms. The number of benzene rings is 1. The quantitative estimate of drug-likeness (QED) is 0.527. The van der Waals surface area contributed by atoms with Gasteiger partial charge in [0.05, 0.1) is 25.8 Å². The summed E-state index contributed by atoms with van der Waals surface area (Å²) >= 11 is 0. The number of hydrogen-bond donors (Lipinski definition) is 1. The third-order valence-corrected chi connectivity index (χ3v) is 5.63. The van der Waals surface area contributed by atoms with Crippen LogP contribution in [-0.4, -0.2) is 80.2 Å². The van der Waals surface area contributed by atoms with Crippen LogP contribution in [0.3, 0.4) is 0 Å². The molecule has 2 aromatic rings. The van der Waals surface area contributed by atoms with Gasteiger partial charge in [-0.25, -0.2) is 4.79 Å². The van der Waals surface area contributed by atoms with Gasteiger partial charge < -0.3 is 24.4 Å². The third-order valence-electron chi connectivity index (χ3n) is 5.63. The van der Waals surface area contributed by atoms with Gasteiger partial charge in [0.2, 0.25) is 0 Å². The molecule has 0 spiro atoms. The Bertz CT molecular complexity index is 1090. The van der Waals surface area contributed by atoms with Crippen LogP contribution in [0.1, 0.15) is 47.8 Å². The van der Waals surface area contributed by atoms with E-state index in [1.807, 2.05) is 64.2 Å². The lowest BCUT2D eigenvalue weighted by molar-refractivity contribution is 0.0390. The molecule has 1 saturated heterocycles. The van der Waals surface area contributed by atoms with Gasteiger partial charge in [0.1, 0.15) is 17.1 Å². The Morgan fingerprint density at radius 1 is 1.19 bits per heavy atom. The second-order valence-electron chi connectivity index (χ2n) is 9.98. The van der Waals surface area contributed by atoms with Crippen molar-refractivity contribution in [3.8, 4) is 11.5 Å². The summed E-state index contributed by atoms with van der Waals surface area (Å²) in [4.78, 5) is 32.0. The highest BCUT2D eigenvalue weighted by Gasteiger charge is 2.31. The van der Waals surface area contributed by atoms with Crippen molar-refractivity contribution in [1.29, 1.82) is 0 Å². The van der Waals surface area contributed by atoms with Gasteiger partial charge in [0, 0.05) is 63.5 Å². The molecule has 1 N–H and O–H groups in total. The predicted molar refractivity (Wildman–Crippen MR) is 138 cm³/mol. The molecule has 194 valence electrons. The molecule has 0 atom stereocenters. The van der Waals surface area contributed by atoms with Crippen molar-refractivity contribution in [1.82, 2.24) is 20.1 Å². The molecule has 3 rings (SSSR count). The lowest BCUT2D eigenvalue weighted by Gasteiger charge is -2.40.